The number of aryl methyl sites for hydroxylation is 1. The number of anilines is 3. The Balaban J connectivity index is 1.42. The van der Waals surface area contributed by atoms with Crippen molar-refractivity contribution in [3.05, 3.63) is 71.9 Å². The summed E-state index contributed by atoms with van der Waals surface area (Å²) in [4.78, 5) is 17.5. The lowest BCUT2D eigenvalue weighted by atomic mass is 10.2. The van der Waals surface area contributed by atoms with E-state index in [2.05, 4.69) is 30.1 Å². The van der Waals surface area contributed by atoms with Crippen molar-refractivity contribution in [2.45, 2.75) is 13.5 Å². The lowest BCUT2D eigenvalue weighted by Gasteiger charge is -2.36. The summed E-state index contributed by atoms with van der Waals surface area (Å²) < 4.78 is 14.0. The summed E-state index contributed by atoms with van der Waals surface area (Å²) in [6.45, 7) is 5.62. The number of aromatic nitrogens is 3. The second-order valence-corrected chi connectivity index (χ2v) is 6.83. The van der Waals surface area contributed by atoms with E-state index in [9.17, 15) is 4.39 Å². The summed E-state index contributed by atoms with van der Waals surface area (Å²) in [5.74, 6) is 1.34. The Bertz CT molecular complexity index is 925. The minimum Gasteiger partial charge on any atom is -0.366 e. The van der Waals surface area contributed by atoms with Crippen molar-refractivity contribution in [1.82, 2.24) is 15.0 Å². The molecule has 1 N–H and O–H groups in total. The van der Waals surface area contributed by atoms with E-state index >= 15 is 0 Å². The molecule has 4 rings (SSSR count). The molecule has 28 heavy (non-hydrogen) atoms. The molecule has 1 aliphatic rings. The summed E-state index contributed by atoms with van der Waals surface area (Å²) in [5.41, 5.74) is 2.72. The SMILES string of the molecule is Cc1cc(NCc2ccncc2)nc(N2CCN(c3ccccc3F)CC2)n1. The molecule has 1 aliphatic heterocycles. The Hall–Kier alpha value is -3.22. The van der Waals surface area contributed by atoms with Gasteiger partial charge in [-0.05, 0) is 36.8 Å². The van der Waals surface area contributed by atoms with Crippen molar-refractivity contribution in [2.75, 3.05) is 41.3 Å². The van der Waals surface area contributed by atoms with Crippen LogP contribution >= 0.6 is 0 Å². The number of nitrogens with one attached hydrogen (secondary N) is 1. The van der Waals surface area contributed by atoms with Gasteiger partial charge >= 0.3 is 0 Å². The average Bonchev–Trinajstić information content (AvgIpc) is 2.73. The third kappa shape index (κ3) is 4.19. The molecule has 0 bridgehead atoms. The lowest BCUT2D eigenvalue weighted by molar-refractivity contribution is 0.594. The zero-order valence-corrected chi connectivity index (χ0v) is 15.8. The van der Waals surface area contributed by atoms with E-state index in [0.29, 0.717) is 18.2 Å². The first-order valence-electron chi connectivity index (χ1n) is 9.42. The molecule has 3 heterocycles. The molecule has 7 heteroatoms. The maximum absolute atomic E-state index is 14.0. The fraction of sp³-hybridized carbons (Fsp3) is 0.286. The fourth-order valence-electron chi connectivity index (χ4n) is 3.33. The minimum absolute atomic E-state index is 0.176. The first-order valence-corrected chi connectivity index (χ1v) is 9.42. The molecule has 3 aromatic rings. The molecule has 2 aromatic heterocycles. The van der Waals surface area contributed by atoms with Gasteiger partial charge in [-0.15, -0.1) is 0 Å². The van der Waals surface area contributed by atoms with Crippen LogP contribution in [0.25, 0.3) is 0 Å². The highest BCUT2D eigenvalue weighted by molar-refractivity contribution is 5.50. The normalized spacial score (nSPS) is 14.2. The summed E-state index contributed by atoms with van der Waals surface area (Å²) in [7, 11) is 0. The number of piperazine rings is 1. The van der Waals surface area contributed by atoms with E-state index in [1.807, 2.05) is 37.3 Å². The molecular weight excluding hydrogens is 355 g/mol. The highest BCUT2D eigenvalue weighted by atomic mass is 19.1. The number of para-hydroxylation sites is 1. The maximum atomic E-state index is 14.0. The van der Waals surface area contributed by atoms with E-state index in [1.165, 1.54) is 6.07 Å². The van der Waals surface area contributed by atoms with Gasteiger partial charge in [0.1, 0.15) is 11.6 Å². The van der Waals surface area contributed by atoms with Gasteiger partial charge in [0.15, 0.2) is 0 Å². The van der Waals surface area contributed by atoms with Crippen molar-refractivity contribution < 1.29 is 4.39 Å². The number of hydrogen-bond donors (Lipinski definition) is 1. The summed E-state index contributed by atoms with van der Waals surface area (Å²) in [5, 5.41) is 3.36. The smallest absolute Gasteiger partial charge is 0.227 e. The third-order valence-corrected chi connectivity index (χ3v) is 4.82. The van der Waals surface area contributed by atoms with Gasteiger partial charge in [-0.3, -0.25) is 4.98 Å². The molecule has 1 aromatic carbocycles. The highest BCUT2D eigenvalue weighted by Crippen LogP contribution is 2.22. The van der Waals surface area contributed by atoms with Crippen molar-refractivity contribution >= 4 is 17.5 Å². The van der Waals surface area contributed by atoms with Crippen LogP contribution in [0.3, 0.4) is 0 Å². The monoisotopic (exact) mass is 378 g/mol. The minimum atomic E-state index is -0.176. The Morgan fingerprint density at radius 2 is 1.68 bits per heavy atom. The molecule has 144 valence electrons. The van der Waals surface area contributed by atoms with Crippen molar-refractivity contribution in [1.29, 1.82) is 0 Å². The van der Waals surface area contributed by atoms with Crippen LogP contribution in [0.4, 0.5) is 21.8 Å². The first kappa shape index (κ1) is 18.2. The number of halogens is 1. The molecule has 0 unspecified atom stereocenters. The van der Waals surface area contributed by atoms with Crippen LogP contribution in [-0.4, -0.2) is 41.1 Å². The average molecular weight is 378 g/mol. The Morgan fingerprint density at radius 1 is 0.964 bits per heavy atom. The molecule has 0 aliphatic carbocycles. The number of nitrogens with zero attached hydrogens (tertiary/aromatic N) is 5. The molecule has 1 fully saturated rings. The number of rotatable bonds is 5. The van der Waals surface area contributed by atoms with Crippen LogP contribution in [0.15, 0.2) is 54.9 Å². The molecule has 0 radical (unpaired) electrons. The van der Waals surface area contributed by atoms with Crippen LogP contribution < -0.4 is 15.1 Å². The zero-order chi connectivity index (χ0) is 19.3. The second kappa shape index (κ2) is 8.21. The maximum Gasteiger partial charge on any atom is 0.227 e. The van der Waals surface area contributed by atoms with Gasteiger partial charge in [0.05, 0.1) is 5.69 Å². The third-order valence-electron chi connectivity index (χ3n) is 4.82. The Morgan fingerprint density at radius 3 is 2.43 bits per heavy atom. The first-order chi connectivity index (χ1) is 13.7. The largest absolute Gasteiger partial charge is 0.366 e. The standard InChI is InChI=1S/C21H23FN6/c1-16-14-20(24-15-17-6-8-23-9-7-17)26-21(25-16)28-12-10-27(11-13-28)19-5-3-2-4-18(19)22/h2-9,14H,10-13,15H2,1H3,(H,24,25,26). The van der Waals surface area contributed by atoms with Gasteiger partial charge in [0.2, 0.25) is 5.95 Å². The van der Waals surface area contributed by atoms with Gasteiger partial charge in [0.25, 0.3) is 0 Å². The van der Waals surface area contributed by atoms with Gasteiger partial charge < -0.3 is 15.1 Å². The van der Waals surface area contributed by atoms with E-state index in [-0.39, 0.29) is 5.82 Å². The molecular formula is C21H23FN6. The molecule has 0 atom stereocenters. The van der Waals surface area contributed by atoms with E-state index in [0.717, 1.165) is 43.3 Å². The van der Waals surface area contributed by atoms with E-state index < -0.39 is 0 Å². The highest BCUT2D eigenvalue weighted by Gasteiger charge is 2.21. The van der Waals surface area contributed by atoms with Gasteiger partial charge in [-0.25, -0.2) is 9.37 Å². The van der Waals surface area contributed by atoms with Gasteiger partial charge in [-0.1, -0.05) is 12.1 Å². The van der Waals surface area contributed by atoms with Crippen LogP contribution in [0, 0.1) is 12.7 Å². The second-order valence-electron chi connectivity index (χ2n) is 6.83. The van der Waals surface area contributed by atoms with Crippen LogP contribution in [0.5, 0.6) is 0 Å². The predicted octanol–water partition coefficient (Wildman–Crippen LogP) is 3.26. The number of hydrogen-bond acceptors (Lipinski definition) is 6. The molecule has 0 amide bonds. The van der Waals surface area contributed by atoms with Gasteiger partial charge in [0, 0.05) is 56.9 Å². The Labute approximate surface area is 164 Å². The zero-order valence-electron chi connectivity index (χ0n) is 15.8. The topological polar surface area (TPSA) is 57.2 Å². The van der Waals surface area contributed by atoms with Crippen molar-refractivity contribution in [3.8, 4) is 0 Å². The summed E-state index contributed by atoms with van der Waals surface area (Å²) >= 11 is 0. The lowest BCUT2D eigenvalue weighted by Crippen LogP contribution is -2.47. The predicted molar refractivity (Wildman–Crippen MR) is 109 cm³/mol. The Kier molecular flexibility index (Phi) is 5.32. The van der Waals surface area contributed by atoms with Crippen LogP contribution in [0.1, 0.15) is 11.3 Å². The number of benzene rings is 1. The number of pyridine rings is 1. The fourth-order valence-corrected chi connectivity index (χ4v) is 3.33. The molecule has 0 spiro atoms. The quantitative estimate of drug-likeness (QED) is 0.736. The van der Waals surface area contributed by atoms with Crippen LogP contribution in [-0.2, 0) is 6.54 Å². The van der Waals surface area contributed by atoms with E-state index in [4.69, 9.17) is 0 Å². The molecule has 1 saturated heterocycles. The van der Waals surface area contributed by atoms with E-state index in [1.54, 1.807) is 18.5 Å². The summed E-state index contributed by atoms with van der Waals surface area (Å²) in [6.07, 6.45) is 3.56. The molecule has 0 saturated carbocycles. The van der Waals surface area contributed by atoms with Crippen LogP contribution in [0.2, 0.25) is 0 Å². The van der Waals surface area contributed by atoms with Crippen molar-refractivity contribution in [3.63, 3.8) is 0 Å². The van der Waals surface area contributed by atoms with Gasteiger partial charge in [-0.2, -0.15) is 4.98 Å². The molecule has 6 nitrogen and oxygen atoms in total. The van der Waals surface area contributed by atoms with Crippen molar-refractivity contribution in [2.24, 2.45) is 0 Å². The summed E-state index contributed by atoms with van der Waals surface area (Å²) in [6, 6.07) is 12.8.